The molecule has 0 amide bonds. The van der Waals surface area contributed by atoms with E-state index in [0.29, 0.717) is 0 Å². The van der Waals surface area contributed by atoms with Crippen molar-refractivity contribution in [3.8, 4) is 5.69 Å². The number of nitrogens with zero attached hydrogens (tertiary/aromatic N) is 6. The average molecular weight is 567 g/mol. The summed E-state index contributed by atoms with van der Waals surface area (Å²) < 4.78 is 6.68. The Hall–Kier alpha value is -6.14. The highest BCUT2D eigenvalue weighted by Crippen LogP contribution is 2.35. The van der Waals surface area contributed by atoms with Gasteiger partial charge in [0.15, 0.2) is 0 Å². The monoisotopic (exact) mass is 566 g/mol. The van der Waals surface area contributed by atoms with Gasteiger partial charge in [0, 0.05) is 17.1 Å². The third-order valence-corrected chi connectivity index (χ3v) is 8.24. The first-order valence-electron chi connectivity index (χ1n) is 14.7. The van der Waals surface area contributed by atoms with E-state index in [1.165, 1.54) is 0 Å². The van der Waals surface area contributed by atoms with Crippen molar-refractivity contribution in [1.82, 2.24) is 23.3 Å². The van der Waals surface area contributed by atoms with Crippen LogP contribution in [0.25, 0.3) is 50.3 Å². The van der Waals surface area contributed by atoms with Crippen molar-refractivity contribution in [3.63, 3.8) is 0 Å². The number of imidazole rings is 2. The maximum Gasteiger partial charge on any atom is 0.223 e. The lowest BCUT2D eigenvalue weighted by atomic mass is 10.2. The first-order chi connectivity index (χ1) is 21.8. The molecule has 0 spiro atoms. The minimum absolute atomic E-state index is 0.795. The maximum atomic E-state index is 5.22. The van der Waals surface area contributed by atoms with Gasteiger partial charge in [0.1, 0.15) is 0 Å². The summed E-state index contributed by atoms with van der Waals surface area (Å²) in [7, 11) is 0. The molecule has 0 unspecified atom stereocenters. The molecule has 3 heterocycles. The van der Waals surface area contributed by atoms with Gasteiger partial charge in [-0.25, -0.2) is 14.5 Å². The predicted molar refractivity (Wildman–Crippen MR) is 179 cm³/mol. The van der Waals surface area contributed by atoms with Gasteiger partial charge in [-0.3, -0.25) is 8.80 Å². The zero-order chi connectivity index (χ0) is 29.0. The molecule has 0 N–H and O–H groups in total. The molecule has 208 valence electrons. The van der Waals surface area contributed by atoms with Crippen molar-refractivity contribution < 1.29 is 0 Å². The van der Waals surface area contributed by atoms with Gasteiger partial charge < -0.3 is 4.90 Å². The van der Waals surface area contributed by atoms with Crippen molar-refractivity contribution in [1.29, 1.82) is 0 Å². The summed E-state index contributed by atoms with van der Waals surface area (Å²) in [6.07, 6.45) is 0. The Kier molecular flexibility index (Phi) is 5.40. The van der Waals surface area contributed by atoms with Gasteiger partial charge in [-0.15, -0.1) is 0 Å². The number of benzene rings is 6. The fourth-order valence-corrected chi connectivity index (χ4v) is 6.32. The Balaban J connectivity index is 1.38. The molecule has 6 nitrogen and oxygen atoms in total. The number of aromatic nitrogens is 5. The summed E-state index contributed by atoms with van der Waals surface area (Å²) in [4.78, 5) is 12.7. The van der Waals surface area contributed by atoms with E-state index in [1.807, 2.05) is 24.3 Å². The molecule has 44 heavy (non-hydrogen) atoms. The zero-order valence-electron chi connectivity index (χ0n) is 23.7. The molecule has 0 saturated carbocycles. The molecule has 6 aromatic carbocycles. The molecule has 9 aromatic rings. The highest BCUT2D eigenvalue weighted by molar-refractivity contribution is 5.93. The normalized spacial score (nSPS) is 11.6. The first kappa shape index (κ1) is 24.5. The van der Waals surface area contributed by atoms with Gasteiger partial charge >= 0.3 is 0 Å². The number of fused-ring (bicyclic) bond motifs is 9. The van der Waals surface area contributed by atoms with E-state index < -0.39 is 0 Å². The summed E-state index contributed by atoms with van der Waals surface area (Å²) in [5.41, 5.74) is 10.3. The molecule has 6 heteroatoms. The van der Waals surface area contributed by atoms with E-state index in [0.717, 1.165) is 67.4 Å². The van der Waals surface area contributed by atoms with Crippen molar-refractivity contribution in [2.24, 2.45) is 0 Å². The summed E-state index contributed by atoms with van der Waals surface area (Å²) in [6, 6.07) is 54.7. The Labute approximate surface area is 253 Å². The number of para-hydroxylation sites is 8. The molecule has 9 rings (SSSR count). The largest absolute Gasteiger partial charge is 0.311 e. The lowest BCUT2D eigenvalue weighted by Gasteiger charge is -2.25. The van der Waals surface area contributed by atoms with Gasteiger partial charge in [0.2, 0.25) is 11.6 Å². The van der Waals surface area contributed by atoms with Crippen LogP contribution in [0.2, 0.25) is 0 Å². The molecule has 0 radical (unpaired) electrons. The van der Waals surface area contributed by atoms with Crippen LogP contribution in [-0.4, -0.2) is 23.3 Å². The second-order valence-corrected chi connectivity index (χ2v) is 10.8. The molecule has 0 atom stereocenters. The third-order valence-electron chi connectivity index (χ3n) is 8.24. The quantitative estimate of drug-likeness (QED) is 0.213. The minimum atomic E-state index is 0.795. The van der Waals surface area contributed by atoms with Crippen LogP contribution in [0.15, 0.2) is 158 Å². The summed E-state index contributed by atoms with van der Waals surface area (Å²) >= 11 is 0. The van der Waals surface area contributed by atoms with E-state index in [2.05, 4.69) is 152 Å². The Morgan fingerprint density at radius 1 is 0.364 bits per heavy atom. The molecule has 0 aliphatic heterocycles. The molecule has 3 aromatic heterocycles. The second kappa shape index (κ2) is 9.71. The summed E-state index contributed by atoms with van der Waals surface area (Å²) in [6.45, 7) is 0. The van der Waals surface area contributed by atoms with Crippen LogP contribution >= 0.6 is 0 Å². The van der Waals surface area contributed by atoms with E-state index in [-0.39, 0.29) is 0 Å². The lowest BCUT2D eigenvalue weighted by Crippen LogP contribution is -2.10. The lowest BCUT2D eigenvalue weighted by molar-refractivity contribution is 1.03. The highest BCUT2D eigenvalue weighted by atomic mass is 15.3. The predicted octanol–water partition coefficient (Wildman–Crippen LogP) is 9.26. The first-order valence-corrected chi connectivity index (χ1v) is 14.7. The molecule has 0 bridgehead atoms. The van der Waals surface area contributed by atoms with E-state index in [1.54, 1.807) is 0 Å². The fraction of sp³-hybridized carbons (Fsp3) is 0. The smallest absolute Gasteiger partial charge is 0.223 e. The Morgan fingerprint density at radius 2 is 0.750 bits per heavy atom. The fourth-order valence-electron chi connectivity index (χ4n) is 6.32. The Morgan fingerprint density at radius 3 is 1.23 bits per heavy atom. The zero-order valence-corrected chi connectivity index (χ0v) is 23.7. The van der Waals surface area contributed by atoms with Crippen LogP contribution in [-0.2, 0) is 0 Å². The topological polar surface area (TPSA) is 42.8 Å². The van der Waals surface area contributed by atoms with Crippen LogP contribution in [0.5, 0.6) is 0 Å². The van der Waals surface area contributed by atoms with Gasteiger partial charge in [-0.1, -0.05) is 72.8 Å². The number of anilines is 3. The van der Waals surface area contributed by atoms with Gasteiger partial charge in [0.05, 0.1) is 38.8 Å². The van der Waals surface area contributed by atoms with Crippen LogP contribution in [0, 0.1) is 0 Å². The van der Waals surface area contributed by atoms with Crippen LogP contribution in [0.3, 0.4) is 0 Å². The van der Waals surface area contributed by atoms with Crippen LogP contribution in [0.4, 0.5) is 17.1 Å². The van der Waals surface area contributed by atoms with Crippen LogP contribution < -0.4 is 4.90 Å². The van der Waals surface area contributed by atoms with Gasteiger partial charge in [-0.05, 0) is 84.9 Å². The number of hydrogen-bond donors (Lipinski definition) is 0. The Bertz CT molecular complexity index is 2340. The van der Waals surface area contributed by atoms with Gasteiger partial charge in [-0.2, -0.15) is 0 Å². The highest BCUT2D eigenvalue weighted by Gasteiger charge is 2.19. The SMILES string of the molecule is c1ccc(N(c2ccccc2)c2ccc(-n3c4nc5ccccc5n4c4ccccc4n4c5ccccc5nc34)cc2)cc1. The van der Waals surface area contributed by atoms with Gasteiger partial charge in [0.25, 0.3) is 0 Å². The second-order valence-electron chi connectivity index (χ2n) is 10.8. The van der Waals surface area contributed by atoms with Crippen molar-refractivity contribution in [2.75, 3.05) is 4.90 Å². The average Bonchev–Trinajstić information content (AvgIpc) is 3.62. The molecule has 0 aliphatic carbocycles. The molecule has 0 aliphatic rings. The van der Waals surface area contributed by atoms with E-state index in [4.69, 9.17) is 9.97 Å². The summed E-state index contributed by atoms with van der Waals surface area (Å²) in [5.74, 6) is 1.59. The molecular weight excluding hydrogens is 540 g/mol. The van der Waals surface area contributed by atoms with Crippen molar-refractivity contribution in [2.45, 2.75) is 0 Å². The minimum Gasteiger partial charge on any atom is -0.311 e. The number of hydrogen-bond acceptors (Lipinski definition) is 3. The molecule has 0 saturated heterocycles. The van der Waals surface area contributed by atoms with E-state index in [9.17, 15) is 0 Å². The standard InChI is InChI=1S/C38H26N6/c1-3-13-27(14-4-1)41(28-15-5-2-6-16-28)29-23-25-30(26-24-29)42-37-39-31-17-7-9-19-33(31)43(37)35-21-11-12-22-36(35)44-34-20-10-8-18-32(34)40-38(42)44/h1-26H. The third kappa shape index (κ3) is 3.68. The van der Waals surface area contributed by atoms with Crippen molar-refractivity contribution in [3.05, 3.63) is 158 Å². The number of rotatable bonds is 4. The summed E-state index contributed by atoms with van der Waals surface area (Å²) in [5, 5.41) is 0. The maximum absolute atomic E-state index is 5.22. The van der Waals surface area contributed by atoms with Crippen LogP contribution in [0.1, 0.15) is 0 Å². The van der Waals surface area contributed by atoms with E-state index >= 15 is 0 Å². The van der Waals surface area contributed by atoms with Crippen molar-refractivity contribution >= 4 is 61.7 Å². The molecule has 0 fully saturated rings. The molecular formula is C38H26N6.